The first kappa shape index (κ1) is 26.7. The first-order valence-corrected chi connectivity index (χ1v) is 13.8. The lowest BCUT2D eigenvalue weighted by Gasteiger charge is -2.32. The van der Waals surface area contributed by atoms with Crippen LogP contribution >= 0.6 is 0 Å². The number of carbonyl (C=O) groups excluding carboxylic acids is 2. The van der Waals surface area contributed by atoms with Gasteiger partial charge in [0.2, 0.25) is 0 Å². The molecule has 0 radical (unpaired) electrons. The number of anilines is 3. The van der Waals surface area contributed by atoms with Gasteiger partial charge in [-0.15, -0.1) is 0 Å². The molecule has 0 spiro atoms. The molecule has 0 unspecified atom stereocenters. The molecule has 3 N–H and O–H groups in total. The highest BCUT2D eigenvalue weighted by molar-refractivity contribution is 6.04. The summed E-state index contributed by atoms with van der Waals surface area (Å²) >= 11 is 0. The summed E-state index contributed by atoms with van der Waals surface area (Å²) < 4.78 is 5.42. The van der Waals surface area contributed by atoms with Crippen molar-refractivity contribution >= 4 is 29.0 Å². The number of hydrogen-bond acceptors (Lipinski definition) is 5. The average Bonchev–Trinajstić information content (AvgIpc) is 2.97. The molecule has 1 fully saturated rings. The highest BCUT2D eigenvalue weighted by atomic mass is 16.5. The molecule has 2 heterocycles. The Labute approximate surface area is 230 Å². The molecule has 204 valence electrons. The van der Waals surface area contributed by atoms with Crippen molar-refractivity contribution in [2.45, 2.75) is 26.3 Å². The van der Waals surface area contributed by atoms with Gasteiger partial charge in [-0.25, -0.2) is 4.79 Å². The van der Waals surface area contributed by atoms with Gasteiger partial charge >= 0.3 is 6.03 Å². The van der Waals surface area contributed by atoms with Gasteiger partial charge in [-0.05, 0) is 59.9 Å². The molecule has 0 bridgehead atoms. The smallest absolute Gasteiger partial charge is 0.323 e. The number of benzene rings is 3. The van der Waals surface area contributed by atoms with Crippen LogP contribution in [-0.4, -0.2) is 62.8 Å². The molecular weight excluding hydrogens is 490 g/mol. The average molecular weight is 528 g/mol. The van der Waals surface area contributed by atoms with Gasteiger partial charge in [0.1, 0.15) is 0 Å². The van der Waals surface area contributed by atoms with Crippen LogP contribution in [0.3, 0.4) is 0 Å². The fraction of sp³-hybridized carbons (Fsp3) is 0.355. The van der Waals surface area contributed by atoms with Crippen LogP contribution in [0.15, 0.2) is 66.7 Å². The number of ether oxygens (including phenoxy) is 1. The summed E-state index contributed by atoms with van der Waals surface area (Å²) in [5.74, 6) is -0.142. The van der Waals surface area contributed by atoms with Crippen LogP contribution in [0, 0.1) is 0 Å². The van der Waals surface area contributed by atoms with Gasteiger partial charge in [0.25, 0.3) is 5.91 Å². The number of fused-ring (bicyclic) bond motifs is 1. The topological polar surface area (TPSA) is 85.9 Å². The lowest BCUT2D eigenvalue weighted by Crippen LogP contribution is -2.41. The third-order valence-electron chi connectivity index (χ3n) is 7.38. The molecule has 39 heavy (non-hydrogen) atoms. The van der Waals surface area contributed by atoms with Crippen LogP contribution in [0.4, 0.5) is 21.9 Å². The van der Waals surface area contributed by atoms with E-state index in [4.69, 9.17) is 4.74 Å². The van der Waals surface area contributed by atoms with Gasteiger partial charge in [0.15, 0.2) is 0 Å². The minimum atomic E-state index is -0.346. The zero-order valence-electron chi connectivity index (χ0n) is 22.5. The van der Waals surface area contributed by atoms with E-state index in [1.165, 1.54) is 11.1 Å². The molecule has 0 aromatic heterocycles. The van der Waals surface area contributed by atoms with E-state index in [9.17, 15) is 9.59 Å². The monoisotopic (exact) mass is 527 g/mol. The molecule has 8 nitrogen and oxygen atoms in total. The minimum absolute atomic E-state index is 0.142. The van der Waals surface area contributed by atoms with Gasteiger partial charge < -0.3 is 25.6 Å². The van der Waals surface area contributed by atoms with Crippen LogP contribution in [0.25, 0.3) is 0 Å². The standard InChI is InChI=1S/C31H37N5O3/c1-2-23-6-5-9-26(20-23)33-31(38)34-27-10-11-29(36-14-12-24-7-3-4-8-25(24)22-36)28(21-27)30(37)32-13-15-35-16-18-39-19-17-35/h3-11,20-21H,2,12-19,22H2,1H3,(H,32,37)(H2,33,34,38). The second kappa shape index (κ2) is 12.8. The van der Waals surface area contributed by atoms with E-state index in [0.29, 0.717) is 17.8 Å². The van der Waals surface area contributed by atoms with Crippen LogP contribution < -0.4 is 20.9 Å². The Balaban J connectivity index is 1.32. The van der Waals surface area contributed by atoms with E-state index in [0.717, 1.165) is 75.7 Å². The van der Waals surface area contributed by atoms with Crippen molar-refractivity contribution in [3.8, 4) is 0 Å². The summed E-state index contributed by atoms with van der Waals surface area (Å²) in [5.41, 5.74) is 6.51. The molecule has 3 aromatic carbocycles. The number of amides is 3. The minimum Gasteiger partial charge on any atom is -0.379 e. The molecule has 8 heteroatoms. The molecule has 2 aliphatic heterocycles. The van der Waals surface area contributed by atoms with Crippen molar-refractivity contribution < 1.29 is 14.3 Å². The van der Waals surface area contributed by atoms with Crippen molar-refractivity contribution in [1.82, 2.24) is 10.2 Å². The maximum atomic E-state index is 13.5. The van der Waals surface area contributed by atoms with Crippen LogP contribution in [0.1, 0.15) is 34.0 Å². The highest BCUT2D eigenvalue weighted by Gasteiger charge is 2.22. The van der Waals surface area contributed by atoms with Crippen molar-refractivity contribution in [1.29, 1.82) is 0 Å². The molecule has 2 aliphatic rings. The SMILES string of the molecule is CCc1cccc(NC(=O)Nc2ccc(N3CCc4ccccc4C3)c(C(=O)NCCN3CCOCC3)c2)c1. The quantitative estimate of drug-likeness (QED) is 0.401. The zero-order chi connectivity index (χ0) is 27.0. The summed E-state index contributed by atoms with van der Waals surface area (Å²) in [6, 6.07) is 21.5. The van der Waals surface area contributed by atoms with Crippen molar-refractivity contribution in [3.05, 3.63) is 89.0 Å². The molecule has 5 rings (SSSR count). The van der Waals surface area contributed by atoms with Crippen LogP contribution in [0.2, 0.25) is 0 Å². The molecule has 3 amide bonds. The number of nitrogens with one attached hydrogen (secondary N) is 3. The van der Waals surface area contributed by atoms with Crippen molar-refractivity contribution in [3.63, 3.8) is 0 Å². The predicted octanol–water partition coefficient (Wildman–Crippen LogP) is 4.52. The van der Waals surface area contributed by atoms with Gasteiger partial charge in [-0.3, -0.25) is 9.69 Å². The Morgan fingerprint density at radius 1 is 0.872 bits per heavy atom. The second-order valence-corrected chi connectivity index (χ2v) is 10.0. The zero-order valence-corrected chi connectivity index (χ0v) is 22.5. The molecular formula is C31H37N5O3. The Morgan fingerprint density at radius 2 is 1.64 bits per heavy atom. The van der Waals surface area contributed by atoms with Crippen molar-refractivity contribution in [2.75, 3.05) is 61.5 Å². The third kappa shape index (κ3) is 6.96. The van der Waals surface area contributed by atoms with Gasteiger partial charge in [-0.2, -0.15) is 0 Å². The molecule has 3 aromatic rings. The largest absolute Gasteiger partial charge is 0.379 e. The molecule has 0 atom stereocenters. The number of rotatable bonds is 8. The number of carbonyl (C=O) groups is 2. The van der Waals surface area contributed by atoms with E-state index in [1.807, 2.05) is 36.4 Å². The molecule has 0 aliphatic carbocycles. The Hall–Kier alpha value is -3.88. The Kier molecular flexibility index (Phi) is 8.75. The maximum absolute atomic E-state index is 13.5. The fourth-order valence-electron chi connectivity index (χ4n) is 5.18. The summed E-state index contributed by atoms with van der Waals surface area (Å²) in [6.07, 6.45) is 1.82. The second-order valence-electron chi connectivity index (χ2n) is 10.0. The fourth-order valence-corrected chi connectivity index (χ4v) is 5.18. The number of nitrogens with zero attached hydrogens (tertiary/aromatic N) is 2. The van der Waals surface area contributed by atoms with Crippen LogP contribution in [0.5, 0.6) is 0 Å². The lowest BCUT2D eigenvalue weighted by molar-refractivity contribution is 0.0383. The van der Waals surface area contributed by atoms with Crippen LogP contribution in [-0.2, 0) is 24.1 Å². The van der Waals surface area contributed by atoms with E-state index < -0.39 is 0 Å². The lowest BCUT2D eigenvalue weighted by atomic mass is 9.98. The summed E-state index contributed by atoms with van der Waals surface area (Å²) in [6.45, 7) is 8.19. The number of urea groups is 1. The number of aryl methyl sites for hydroxylation is 1. The Morgan fingerprint density at radius 3 is 2.44 bits per heavy atom. The summed E-state index contributed by atoms with van der Waals surface area (Å²) in [5, 5.41) is 8.90. The summed E-state index contributed by atoms with van der Waals surface area (Å²) in [4.78, 5) is 30.8. The first-order valence-electron chi connectivity index (χ1n) is 13.8. The normalized spacial score (nSPS) is 15.4. The van der Waals surface area contributed by atoms with E-state index in [-0.39, 0.29) is 11.9 Å². The summed E-state index contributed by atoms with van der Waals surface area (Å²) in [7, 11) is 0. The van der Waals surface area contributed by atoms with Gasteiger partial charge in [0, 0.05) is 56.3 Å². The number of morpholine rings is 1. The number of hydrogen-bond donors (Lipinski definition) is 3. The van der Waals surface area contributed by atoms with Gasteiger partial charge in [0.05, 0.1) is 18.8 Å². The predicted molar refractivity (Wildman–Crippen MR) is 156 cm³/mol. The first-order chi connectivity index (χ1) is 19.1. The third-order valence-corrected chi connectivity index (χ3v) is 7.38. The molecule has 1 saturated heterocycles. The highest BCUT2D eigenvalue weighted by Crippen LogP contribution is 2.30. The Bertz CT molecular complexity index is 1300. The van der Waals surface area contributed by atoms with E-state index in [2.05, 4.69) is 56.9 Å². The maximum Gasteiger partial charge on any atom is 0.323 e. The van der Waals surface area contributed by atoms with Crippen molar-refractivity contribution in [2.24, 2.45) is 0 Å². The molecule has 0 saturated carbocycles. The van der Waals surface area contributed by atoms with E-state index >= 15 is 0 Å². The van der Waals surface area contributed by atoms with Gasteiger partial charge in [-0.1, -0.05) is 43.3 Å². The van der Waals surface area contributed by atoms with E-state index in [1.54, 1.807) is 6.07 Å².